The molecule has 114 valence electrons. The van der Waals surface area contributed by atoms with Crippen molar-refractivity contribution >= 4 is 0 Å². The highest BCUT2D eigenvalue weighted by Crippen LogP contribution is 2.48. The summed E-state index contributed by atoms with van der Waals surface area (Å²) in [7, 11) is 1.85. The molecule has 0 aliphatic heterocycles. The van der Waals surface area contributed by atoms with Crippen LogP contribution in [-0.2, 0) is 9.47 Å². The van der Waals surface area contributed by atoms with Gasteiger partial charge in [0.2, 0.25) is 0 Å². The minimum absolute atomic E-state index is 0.199. The van der Waals surface area contributed by atoms with Crippen LogP contribution in [0.15, 0.2) is 0 Å². The zero-order valence-electron chi connectivity index (χ0n) is 13.9. The highest BCUT2D eigenvalue weighted by molar-refractivity contribution is 4.98. The van der Waals surface area contributed by atoms with Crippen molar-refractivity contribution < 1.29 is 9.47 Å². The van der Waals surface area contributed by atoms with E-state index in [0.717, 1.165) is 19.4 Å². The van der Waals surface area contributed by atoms with Crippen molar-refractivity contribution in [2.75, 3.05) is 13.7 Å². The summed E-state index contributed by atoms with van der Waals surface area (Å²) in [5.74, 6) is 0. The van der Waals surface area contributed by atoms with E-state index >= 15 is 0 Å². The Morgan fingerprint density at radius 2 is 1.53 bits per heavy atom. The van der Waals surface area contributed by atoms with Crippen molar-refractivity contribution in [1.82, 2.24) is 0 Å². The number of rotatable bonds is 7. The van der Waals surface area contributed by atoms with Gasteiger partial charge in [0, 0.05) is 13.7 Å². The van der Waals surface area contributed by atoms with Crippen LogP contribution in [0.2, 0.25) is 0 Å². The summed E-state index contributed by atoms with van der Waals surface area (Å²) in [5.41, 5.74) is 0.398. The van der Waals surface area contributed by atoms with E-state index in [2.05, 4.69) is 34.6 Å². The molecule has 1 rings (SSSR count). The SMILES string of the molecule is CCCCCCOC1CC(C)(C)C(OC)C(C)(C)C1. The molecule has 0 saturated heterocycles. The predicted molar refractivity (Wildman–Crippen MR) is 81.5 cm³/mol. The molecule has 2 heteroatoms. The standard InChI is InChI=1S/C17H34O2/c1-7-8-9-10-11-19-14-12-16(2,3)15(18-6)17(4,5)13-14/h14-15H,7-13H2,1-6H3. The first-order chi connectivity index (χ1) is 8.83. The molecule has 0 heterocycles. The molecule has 2 nitrogen and oxygen atoms in total. The summed E-state index contributed by atoms with van der Waals surface area (Å²) in [5, 5.41) is 0. The van der Waals surface area contributed by atoms with Gasteiger partial charge in [0.05, 0.1) is 12.2 Å². The average Bonchev–Trinajstić information content (AvgIpc) is 2.26. The maximum atomic E-state index is 6.14. The van der Waals surface area contributed by atoms with Gasteiger partial charge in [0.1, 0.15) is 0 Å². The van der Waals surface area contributed by atoms with Crippen LogP contribution in [0.4, 0.5) is 0 Å². The van der Waals surface area contributed by atoms with E-state index in [1.165, 1.54) is 25.7 Å². The van der Waals surface area contributed by atoms with Crippen LogP contribution < -0.4 is 0 Å². The van der Waals surface area contributed by atoms with Gasteiger partial charge in [-0.05, 0) is 30.1 Å². The molecule has 1 aliphatic carbocycles. The molecule has 0 aromatic heterocycles. The molecule has 19 heavy (non-hydrogen) atoms. The maximum absolute atomic E-state index is 6.14. The summed E-state index contributed by atoms with van der Waals surface area (Å²) in [6.07, 6.45) is 8.08. The zero-order valence-corrected chi connectivity index (χ0v) is 13.9. The fourth-order valence-corrected chi connectivity index (χ4v) is 4.05. The Morgan fingerprint density at radius 1 is 0.947 bits per heavy atom. The Morgan fingerprint density at radius 3 is 2.00 bits per heavy atom. The second kappa shape index (κ2) is 7.08. The predicted octanol–water partition coefficient (Wildman–Crippen LogP) is 4.81. The number of unbranched alkanes of at least 4 members (excludes halogenated alkanes) is 3. The van der Waals surface area contributed by atoms with E-state index in [0.29, 0.717) is 12.2 Å². The van der Waals surface area contributed by atoms with Gasteiger partial charge >= 0.3 is 0 Å². The Balaban J connectivity index is 2.46. The average molecular weight is 270 g/mol. The summed E-state index contributed by atoms with van der Waals surface area (Å²) >= 11 is 0. The van der Waals surface area contributed by atoms with Gasteiger partial charge in [-0.1, -0.05) is 53.9 Å². The number of hydrogen-bond acceptors (Lipinski definition) is 2. The Labute approximate surface area is 120 Å². The molecule has 0 unspecified atom stereocenters. The van der Waals surface area contributed by atoms with Gasteiger partial charge in [-0.3, -0.25) is 0 Å². The molecule has 0 aromatic rings. The first-order valence-electron chi connectivity index (χ1n) is 7.98. The maximum Gasteiger partial charge on any atom is 0.0674 e. The third-order valence-electron chi connectivity index (χ3n) is 4.51. The van der Waals surface area contributed by atoms with E-state index in [1.54, 1.807) is 0 Å². The Hall–Kier alpha value is -0.0800. The largest absolute Gasteiger partial charge is 0.380 e. The van der Waals surface area contributed by atoms with Crippen molar-refractivity contribution in [3.63, 3.8) is 0 Å². The molecule has 1 fully saturated rings. The molecule has 0 bridgehead atoms. The fourth-order valence-electron chi connectivity index (χ4n) is 4.05. The lowest BCUT2D eigenvalue weighted by atomic mass is 9.62. The van der Waals surface area contributed by atoms with Crippen molar-refractivity contribution in [1.29, 1.82) is 0 Å². The van der Waals surface area contributed by atoms with Crippen LogP contribution in [0.3, 0.4) is 0 Å². The highest BCUT2D eigenvalue weighted by atomic mass is 16.5. The van der Waals surface area contributed by atoms with Crippen LogP contribution in [0.5, 0.6) is 0 Å². The lowest BCUT2D eigenvalue weighted by Gasteiger charge is -2.50. The van der Waals surface area contributed by atoms with E-state index in [-0.39, 0.29) is 10.8 Å². The van der Waals surface area contributed by atoms with Crippen LogP contribution in [0, 0.1) is 10.8 Å². The van der Waals surface area contributed by atoms with Crippen molar-refractivity contribution in [3.8, 4) is 0 Å². The monoisotopic (exact) mass is 270 g/mol. The Bertz CT molecular complexity index is 240. The second-order valence-electron chi connectivity index (χ2n) is 7.55. The van der Waals surface area contributed by atoms with Gasteiger partial charge in [-0.15, -0.1) is 0 Å². The molecule has 0 aromatic carbocycles. The summed E-state index contributed by atoms with van der Waals surface area (Å²) in [4.78, 5) is 0. The van der Waals surface area contributed by atoms with E-state index in [9.17, 15) is 0 Å². The topological polar surface area (TPSA) is 18.5 Å². The lowest BCUT2D eigenvalue weighted by molar-refractivity contribution is -0.147. The summed E-state index contributed by atoms with van der Waals surface area (Å²) < 4.78 is 11.9. The third-order valence-corrected chi connectivity index (χ3v) is 4.51. The molecule has 0 N–H and O–H groups in total. The quantitative estimate of drug-likeness (QED) is 0.618. The molecule has 1 aliphatic rings. The van der Waals surface area contributed by atoms with Crippen LogP contribution >= 0.6 is 0 Å². The van der Waals surface area contributed by atoms with Gasteiger partial charge in [0.25, 0.3) is 0 Å². The first-order valence-corrected chi connectivity index (χ1v) is 7.98. The van der Waals surface area contributed by atoms with Crippen molar-refractivity contribution in [2.45, 2.75) is 85.4 Å². The fraction of sp³-hybridized carbons (Fsp3) is 1.00. The third kappa shape index (κ3) is 4.75. The smallest absolute Gasteiger partial charge is 0.0674 e. The Kier molecular flexibility index (Phi) is 6.32. The van der Waals surface area contributed by atoms with Gasteiger partial charge in [-0.25, -0.2) is 0 Å². The van der Waals surface area contributed by atoms with Gasteiger partial charge in [0.15, 0.2) is 0 Å². The van der Waals surface area contributed by atoms with E-state index < -0.39 is 0 Å². The minimum atomic E-state index is 0.199. The molecular weight excluding hydrogens is 236 g/mol. The molecular formula is C17H34O2. The van der Waals surface area contributed by atoms with Crippen LogP contribution in [0.25, 0.3) is 0 Å². The van der Waals surface area contributed by atoms with Crippen LogP contribution in [-0.4, -0.2) is 25.9 Å². The van der Waals surface area contributed by atoms with E-state index in [1.807, 2.05) is 7.11 Å². The normalized spacial score (nSPS) is 29.4. The van der Waals surface area contributed by atoms with Crippen molar-refractivity contribution in [2.24, 2.45) is 10.8 Å². The molecule has 1 saturated carbocycles. The zero-order chi connectivity index (χ0) is 14.5. The second-order valence-corrected chi connectivity index (χ2v) is 7.55. The highest BCUT2D eigenvalue weighted by Gasteiger charge is 2.48. The number of hydrogen-bond donors (Lipinski definition) is 0. The van der Waals surface area contributed by atoms with Crippen LogP contribution in [0.1, 0.15) is 73.1 Å². The lowest BCUT2D eigenvalue weighted by Crippen LogP contribution is -2.51. The molecule has 0 radical (unpaired) electrons. The molecule has 0 spiro atoms. The van der Waals surface area contributed by atoms with Gasteiger partial charge in [-0.2, -0.15) is 0 Å². The number of ether oxygens (including phenoxy) is 2. The van der Waals surface area contributed by atoms with Crippen molar-refractivity contribution in [3.05, 3.63) is 0 Å². The van der Waals surface area contributed by atoms with E-state index in [4.69, 9.17) is 9.47 Å². The van der Waals surface area contributed by atoms with Gasteiger partial charge < -0.3 is 9.47 Å². The molecule has 0 amide bonds. The molecule has 0 atom stereocenters. The minimum Gasteiger partial charge on any atom is -0.380 e. The summed E-state index contributed by atoms with van der Waals surface area (Å²) in [6.45, 7) is 12.4. The first kappa shape index (κ1) is 17.0. The summed E-state index contributed by atoms with van der Waals surface area (Å²) in [6, 6.07) is 0. The number of methoxy groups -OCH3 is 1.